The van der Waals surface area contributed by atoms with E-state index >= 15 is 0 Å². The van der Waals surface area contributed by atoms with Gasteiger partial charge in [-0.25, -0.2) is 8.78 Å². The maximum Gasteiger partial charge on any atom is 0.363 e. The minimum atomic E-state index is -4.98. The second-order valence-electron chi connectivity index (χ2n) is 4.72. The zero-order valence-corrected chi connectivity index (χ0v) is 12.7. The van der Waals surface area contributed by atoms with Gasteiger partial charge in [0.15, 0.2) is 0 Å². The first-order valence-corrected chi connectivity index (χ1v) is 9.28. The zero-order valence-electron chi connectivity index (χ0n) is 10.9. The van der Waals surface area contributed by atoms with Crippen molar-refractivity contribution >= 4 is 26.0 Å². The van der Waals surface area contributed by atoms with Crippen LogP contribution in [0, 0.1) is 0 Å². The molecule has 2 aromatic carbocycles. The minimum Gasteiger partial charge on any atom is -0.322 e. The van der Waals surface area contributed by atoms with Crippen molar-refractivity contribution in [3.05, 3.63) is 47.5 Å². The van der Waals surface area contributed by atoms with Crippen LogP contribution in [0.3, 0.4) is 0 Å². The molecule has 10 heteroatoms. The standard InChI is InChI=1S/C12H12F2O6P2/c13-11(21(15,16)17)8-3-1-7-2-4-9(6-10(7)5-8)12(14)22(18,19)20/h1-6,11-12H,(H2,15,16,17)(H2,18,19,20). The summed E-state index contributed by atoms with van der Waals surface area (Å²) in [5, 5.41) is 0.713. The monoisotopic (exact) mass is 352 g/mol. The number of rotatable bonds is 4. The molecule has 0 fully saturated rings. The molecule has 0 spiro atoms. The highest BCUT2D eigenvalue weighted by atomic mass is 31.2. The van der Waals surface area contributed by atoms with Crippen LogP contribution in [0.2, 0.25) is 0 Å². The Balaban J connectivity index is 2.52. The molecule has 0 radical (unpaired) electrons. The molecule has 22 heavy (non-hydrogen) atoms. The first kappa shape index (κ1) is 17.2. The highest BCUT2D eigenvalue weighted by molar-refractivity contribution is 7.52. The van der Waals surface area contributed by atoms with Crippen molar-refractivity contribution in [2.45, 2.75) is 11.8 Å². The van der Waals surface area contributed by atoms with Crippen molar-refractivity contribution in [1.82, 2.24) is 0 Å². The fourth-order valence-corrected chi connectivity index (χ4v) is 3.07. The molecule has 0 saturated heterocycles. The summed E-state index contributed by atoms with van der Waals surface area (Å²) in [6.07, 6.45) is 0. The molecule has 0 aromatic heterocycles. The summed E-state index contributed by atoms with van der Waals surface area (Å²) < 4.78 is 49.2. The van der Waals surface area contributed by atoms with Crippen molar-refractivity contribution in [2.75, 3.05) is 0 Å². The van der Waals surface area contributed by atoms with Crippen molar-refractivity contribution in [2.24, 2.45) is 0 Å². The van der Waals surface area contributed by atoms with Gasteiger partial charge in [-0.1, -0.05) is 24.3 Å². The molecule has 120 valence electrons. The van der Waals surface area contributed by atoms with Gasteiger partial charge >= 0.3 is 15.2 Å². The lowest BCUT2D eigenvalue weighted by Crippen LogP contribution is -1.95. The molecule has 2 aromatic rings. The van der Waals surface area contributed by atoms with E-state index in [9.17, 15) is 17.9 Å². The van der Waals surface area contributed by atoms with E-state index in [1.165, 1.54) is 24.3 Å². The molecule has 2 rings (SSSR count). The highest BCUT2D eigenvalue weighted by Gasteiger charge is 2.31. The lowest BCUT2D eigenvalue weighted by atomic mass is 10.0. The molecule has 2 atom stereocenters. The predicted molar refractivity (Wildman–Crippen MR) is 75.7 cm³/mol. The Kier molecular flexibility index (Phi) is 4.55. The summed E-state index contributed by atoms with van der Waals surface area (Å²) in [4.78, 5) is 35.3. The van der Waals surface area contributed by atoms with Crippen LogP contribution in [0.25, 0.3) is 10.8 Å². The van der Waals surface area contributed by atoms with E-state index in [1.54, 1.807) is 0 Å². The van der Waals surface area contributed by atoms with Gasteiger partial charge in [0.2, 0.25) is 11.8 Å². The van der Waals surface area contributed by atoms with E-state index in [1.807, 2.05) is 0 Å². The normalized spacial score (nSPS) is 15.7. The van der Waals surface area contributed by atoms with E-state index in [0.717, 1.165) is 12.1 Å². The van der Waals surface area contributed by atoms with Crippen molar-refractivity contribution < 1.29 is 37.5 Å². The molecule has 2 unspecified atom stereocenters. The van der Waals surface area contributed by atoms with Gasteiger partial charge in [-0.05, 0) is 34.0 Å². The van der Waals surface area contributed by atoms with Gasteiger partial charge in [-0.15, -0.1) is 0 Å². The van der Waals surface area contributed by atoms with Crippen LogP contribution >= 0.6 is 15.2 Å². The molecule has 0 heterocycles. The van der Waals surface area contributed by atoms with Gasteiger partial charge < -0.3 is 19.6 Å². The topological polar surface area (TPSA) is 115 Å². The molecular formula is C12H12F2O6P2. The number of hydrogen-bond acceptors (Lipinski definition) is 2. The Hall–Kier alpha value is -1.14. The third kappa shape index (κ3) is 3.60. The lowest BCUT2D eigenvalue weighted by Gasteiger charge is -2.13. The van der Waals surface area contributed by atoms with Crippen LogP contribution in [0.4, 0.5) is 8.78 Å². The summed E-state index contributed by atoms with van der Waals surface area (Å²) >= 11 is 0. The maximum absolute atomic E-state index is 13.7. The predicted octanol–water partition coefficient (Wildman–Crippen LogP) is 3.13. The van der Waals surface area contributed by atoms with Gasteiger partial charge in [0.05, 0.1) is 0 Å². The highest BCUT2D eigenvalue weighted by Crippen LogP contribution is 2.54. The van der Waals surface area contributed by atoms with Crippen LogP contribution in [0.1, 0.15) is 23.0 Å². The van der Waals surface area contributed by atoms with Gasteiger partial charge in [0, 0.05) is 0 Å². The molecule has 6 nitrogen and oxygen atoms in total. The quantitative estimate of drug-likeness (QED) is 0.629. The smallest absolute Gasteiger partial charge is 0.322 e. The van der Waals surface area contributed by atoms with Gasteiger partial charge in [0.1, 0.15) is 0 Å². The summed E-state index contributed by atoms with van der Waals surface area (Å²) in [7, 11) is -9.96. The maximum atomic E-state index is 13.7. The summed E-state index contributed by atoms with van der Waals surface area (Å²) in [6.45, 7) is 0. The fraction of sp³-hybridized carbons (Fsp3) is 0.167. The van der Waals surface area contributed by atoms with Gasteiger partial charge in [-0.2, -0.15) is 0 Å². The van der Waals surface area contributed by atoms with E-state index in [0.29, 0.717) is 5.39 Å². The van der Waals surface area contributed by atoms with Crippen LogP contribution in [0.15, 0.2) is 36.4 Å². The number of hydrogen-bond donors (Lipinski definition) is 4. The van der Waals surface area contributed by atoms with Crippen molar-refractivity contribution in [1.29, 1.82) is 0 Å². The van der Waals surface area contributed by atoms with Gasteiger partial charge in [-0.3, -0.25) is 9.13 Å². The average molecular weight is 352 g/mol. The summed E-state index contributed by atoms with van der Waals surface area (Å²) in [5.74, 6) is -5.05. The Morgan fingerprint density at radius 3 is 1.41 bits per heavy atom. The lowest BCUT2D eigenvalue weighted by molar-refractivity contribution is 0.303. The van der Waals surface area contributed by atoms with E-state index in [-0.39, 0.29) is 16.5 Å². The van der Waals surface area contributed by atoms with Crippen molar-refractivity contribution in [3.63, 3.8) is 0 Å². The van der Waals surface area contributed by atoms with Crippen LogP contribution in [0.5, 0.6) is 0 Å². The summed E-state index contributed by atoms with van der Waals surface area (Å²) in [5.41, 5.74) is -0.603. The Labute approximate surface area is 123 Å². The third-order valence-corrected chi connectivity index (χ3v) is 4.81. The minimum absolute atomic E-state index is 0.210. The van der Waals surface area contributed by atoms with E-state index in [4.69, 9.17) is 19.6 Å². The first-order chi connectivity index (χ1) is 10.00. The average Bonchev–Trinajstić information content (AvgIpc) is 2.42. The molecular weight excluding hydrogens is 340 g/mol. The Morgan fingerprint density at radius 2 is 1.09 bits per heavy atom. The molecule has 0 aliphatic heterocycles. The third-order valence-electron chi connectivity index (χ3n) is 3.03. The van der Waals surface area contributed by atoms with Crippen LogP contribution in [-0.2, 0) is 9.13 Å². The van der Waals surface area contributed by atoms with Crippen LogP contribution < -0.4 is 0 Å². The van der Waals surface area contributed by atoms with E-state index in [2.05, 4.69) is 0 Å². The largest absolute Gasteiger partial charge is 0.363 e. The number of benzene rings is 2. The van der Waals surface area contributed by atoms with Crippen LogP contribution in [-0.4, -0.2) is 19.6 Å². The number of fused-ring (bicyclic) bond motifs is 1. The molecule has 0 saturated carbocycles. The molecule has 0 aliphatic carbocycles. The molecule has 4 N–H and O–H groups in total. The molecule has 0 bridgehead atoms. The number of alkyl halides is 2. The summed E-state index contributed by atoms with van der Waals surface area (Å²) in [6, 6.07) is 7.33. The molecule has 0 amide bonds. The fourth-order valence-electron chi connectivity index (χ4n) is 1.97. The SMILES string of the molecule is O=P(O)(O)C(F)c1ccc2ccc(C(F)P(=O)(O)O)cc2c1. The molecule has 0 aliphatic rings. The second kappa shape index (κ2) is 5.81. The first-order valence-electron chi connectivity index (χ1n) is 5.92. The second-order valence-corrected chi connectivity index (χ2v) is 7.98. The van der Waals surface area contributed by atoms with E-state index < -0.39 is 27.0 Å². The Bertz CT molecular complexity index is 737. The number of halogens is 2. The van der Waals surface area contributed by atoms with Crippen molar-refractivity contribution in [3.8, 4) is 0 Å². The zero-order chi connectivity index (χ0) is 16.7. The Morgan fingerprint density at radius 1 is 0.727 bits per heavy atom. The van der Waals surface area contributed by atoms with Gasteiger partial charge in [0.25, 0.3) is 0 Å².